The third kappa shape index (κ3) is 2.63. The number of piperidine rings is 1. The maximum atomic E-state index is 13.4. The molecule has 144 valence electrons. The number of amides is 2. The Morgan fingerprint density at radius 3 is 2.68 bits per heavy atom. The number of carbonyl (C=O) groups is 2. The molecule has 6 nitrogen and oxygen atoms in total. The third-order valence-corrected chi connectivity index (χ3v) is 6.04. The smallest absolute Gasteiger partial charge is 0.255 e. The van der Waals surface area contributed by atoms with Crippen molar-refractivity contribution >= 4 is 11.8 Å². The van der Waals surface area contributed by atoms with Crippen LogP contribution in [0.1, 0.15) is 22.3 Å². The van der Waals surface area contributed by atoms with Gasteiger partial charge in [-0.25, -0.2) is 0 Å². The van der Waals surface area contributed by atoms with Crippen LogP contribution in [0.5, 0.6) is 11.5 Å². The van der Waals surface area contributed by atoms with Crippen molar-refractivity contribution in [3.63, 3.8) is 0 Å². The van der Waals surface area contributed by atoms with Crippen molar-refractivity contribution in [1.82, 2.24) is 4.90 Å². The predicted molar refractivity (Wildman–Crippen MR) is 103 cm³/mol. The van der Waals surface area contributed by atoms with Crippen LogP contribution in [0.2, 0.25) is 0 Å². The average molecular weight is 378 g/mol. The van der Waals surface area contributed by atoms with E-state index in [0.29, 0.717) is 42.7 Å². The second-order valence-corrected chi connectivity index (χ2v) is 7.82. The van der Waals surface area contributed by atoms with Gasteiger partial charge >= 0.3 is 0 Å². The van der Waals surface area contributed by atoms with Crippen molar-refractivity contribution in [2.24, 2.45) is 17.6 Å². The number of hydrogen-bond donors (Lipinski definition) is 1. The van der Waals surface area contributed by atoms with Crippen LogP contribution in [0.4, 0.5) is 0 Å². The molecular formula is C22H22N2O4. The van der Waals surface area contributed by atoms with Gasteiger partial charge in [0.1, 0.15) is 19.3 Å². The Balaban J connectivity index is 1.56. The Kier molecular flexibility index (Phi) is 3.82. The van der Waals surface area contributed by atoms with Gasteiger partial charge in [0.15, 0.2) is 11.5 Å². The molecule has 28 heavy (non-hydrogen) atoms. The molecule has 2 fully saturated rings. The molecule has 0 bridgehead atoms. The highest BCUT2D eigenvalue weighted by Gasteiger charge is 2.56. The van der Waals surface area contributed by atoms with E-state index in [0.717, 1.165) is 23.1 Å². The van der Waals surface area contributed by atoms with E-state index in [2.05, 4.69) is 0 Å². The molecule has 3 atom stereocenters. The van der Waals surface area contributed by atoms with E-state index in [1.54, 1.807) is 4.90 Å². The lowest BCUT2D eigenvalue weighted by Gasteiger charge is -2.27. The third-order valence-electron chi connectivity index (χ3n) is 6.04. The van der Waals surface area contributed by atoms with Crippen LogP contribution >= 0.6 is 0 Å². The largest absolute Gasteiger partial charge is 0.486 e. The van der Waals surface area contributed by atoms with Crippen LogP contribution in [0.15, 0.2) is 36.4 Å². The molecule has 2 N–H and O–H groups in total. The molecule has 6 heteroatoms. The van der Waals surface area contributed by atoms with E-state index in [9.17, 15) is 9.59 Å². The summed E-state index contributed by atoms with van der Waals surface area (Å²) in [5, 5.41) is 0. The van der Waals surface area contributed by atoms with Crippen LogP contribution in [0.3, 0.4) is 0 Å². The molecule has 2 aromatic rings. The Hall–Kier alpha value is -3.02. The molecule has 0 radical (unpaired) electrons. The van der Waals surface area contributed by atoms with Gasteiger partial charge in [-0.15, -0.1) is 0 Å². The first kappa shape index (κ1) is 17.1. The molecule has 2 aromatic carbocycles. The van der Waals surface area contributed by atoms with Crippen LogP contribution in [0.25, 0.3) is 11.1 Å². The number of aryl methyl sites for hydroxylation is 1. The number of nitrogens with two attached hydrogens (primary N) is 1. The lowest BCUT2D eigenvalue weighted by atomic mass is 9.93. The number of primary amides is 1. The summed E-state index contributed by atoms with van der Waals surface area (Å²) in [5.41, 5.74) is 8.94. The highest BCUT2D eigenvalue weighted by Crippen LogP contribution is 2.50. The fourth-order valence-corrected chi connectivity index (χ4v) is 4.62. The maximum absolute atomic E-state index is 13.4. The number of benzene rings is 2. The first-order chi connectivity index (χ1) is 13.5. The Bertz CT molecular complexity index is 986. The second kappa shape index (κ2) is 6.26. The summed E-state index contributed by atoms with van der Waals surface area (Å²) in [6.07, 6.45) is 0.986. The second-order valence-electron chi connectivity index (χ2n) is 7.82. The summed E-state index contributed by atoms with van der Waals surface area (Å²) in [6.45, 7) is 3.63. The quantitative estimate of drug-likeness (QED) is 0.889. The van der Waals surface area contributed by atoms with Gasteiger partial charge in [-0.1, -0.05) is 18.2 Å². The van der Waals surface area contributed by atoms with Gasteiger partial charge in [-0.3, -0.25) is 9.59 Å². The summed E-state index contributed by atoms with van der Waals surface area (Å²) >= 11 is 0. The van der Waals surface area contributed by atoms with Gasteiger partial charge < -0.3 is 20.1 Å². The van der Waals surface area contributed by atoms with E-state index >= 15 is 0 Å². The SMILES string of the molecule is Cc1cccc(C(=O)N2C[C@H]3C[C@H]3[C@H]2C(N)=O)c1-c1ccc2c(c1)OCCO2. The van der Waals surface area contributed by atoms with Crippen molar-refractivity contribution in [2.45, 2.75) is 19.4 Å². The van der Waals surface area contributed by atoms with Crippen LogP contribution < -0.4 is 15.2 Å². The Morgan fingerprint density at radius 2 is 1.89 bits per heavy atom. The van der Waals surface area contributed by atoms with Crippen molar-refractivity contribution in [1.29, 1.82) is 0 Å². The molecule has 0 spiro atoms. The lowest BCUT2D eigenvalue weighted by Crippen LogP contribution is -2.46. The first-order valence-corrected chi connectivity index (χ1v) is 9.64. The molecule has 5 rings (SSSR count). The number of hydrogen-bond acceptors (Lipinski definition) is 4. The molecule has 2 aliphatic heterocycles. The van der Waals surface area contributed by atoms with Crippen LogP contribution in [-0.2, 0) is 4.79 Å². The zero-order valence-corrected chi connectivity index (χ0v) is 15.7. The van der Waals surface area contributed by atoms with Crippen molar-refractivity contribution < 1.29 is 19.1 Å². The fourth-order valence-electron chi connectivity index (χ4n) is 4.62. The van der Waals surface area contributed by atoms with E-state index in [4.69, 9.17) is 15.2 Å². The molecule has 1 aliphatic carbocycles. The predicted octanol–water partition coefficient (Wildman–Crippen LogP) is 2.38. The number of carbonyl (C=O) groups excluding carboxylic acids is 2. The molecule has 3 aliphatic rings. The standard InChI is InChI=1S/C22H22N2O4/c1-12-3-2-4-15(22(26)24-11-14-9-16(14)20(24)21(23)25)19(12)13-5-6-17-18(10-13)28-8-7-27-17/h2-6,10,14,16,20H,7-9,11H2,1H3,(H2,23,25)/t14-,16-,20+/m1/s1. The minimum atomic E-state index is -0.494. The summed E-state index contributed by atoms with van der Waals surface area (Å²) in [6, 6.07) is 10.9. The Morgan fingerprint density at radius 1 is 1.11 bits per heavy atom. The summed E-state index contributed by atoms with van der Waals surface area (Å²) in [5.74, 6) is 1.48. The number of likely N-dealkylation sites (tertiary alicyclic amines) is 1. The van der Waals surface area contributed by atoms with Crippen LogP contribution in [0, 0.1) is 18.8 Å². The molecule has 1 saturated carbocycles. The topological polar surface area (TPSA) is 81.9 Å². The normalized spacial score (nSPS) is 24.6. The minimum absolute atomic E-state index is 0.135. The van der Waals surface area contributed by atoms with Crippen LogP contribution in [-0.4, -0.2) is 42.5 Å². The van der Waals surface area contributed by atoms with Gasteiger partial charge in [0.05, 0.1) is 0 Å². The monoisotopic (exact) mass is 378 g/mol. The molecule has 2 heterocycles. The average Bonchev–Trinajstić information content (AvgIpc) is 3.35. The van der Waals surface area contributed by atoms with E-state index < -0.39 is 11.9 Å². The van der Waals surface area contributed by atoms with Crippen molar-refractivity contribution in [3.8, 4) is 22.6 Å². The van der Waals surface area contributed by atoms with E-state index in [1.165, 1.54) is 0 Å². The summed E-state index contributed by atoms with van der Waals surface area (Å²) < 4.78 is 11.3. The van der Waals surface area contributed by atoms with E-state index in [1.807, 2.05) is 43.3 Å². The number of nitrogens with zero attached hydrogens (tertiary/aromatic N) is 1. The summed E-state index contributed by atoms with van der Waals surface area (Å²) in [4.78, 5) is 27.1. The Labute approximate surface area is 163 Å². The number of rotatable bonds is 3. The lowest BCUT2D eigenvalue weighted by molar-refractivity contribution is -0.122. The molecule has 0 aromatic heterocycles. The first-order valence-electron chi connectivity index (χ1n) is 9.64. The maximum Gasteiger partial charge on any atom is 0.255 e. The highest BCUT2D eigenvalue weighted by atomic mass is 16.6. The van der Waals surface area contributed by atoms with Gasteiger partial charge in [0, 0.05) is 12.1 Å². The van der Waals surface area contributed by atoms with Crippen molar-refractivity contribution in [3.05, 3.63) is 47.5 Å². The molecule has 0 unspecified atom stereocenters. The van der Waals surface area contributed by atoms with E-state index in [-0.39, 0.29) is 11.8 Å². The molecule has 2 amide bonds. The zero-order chi connectivity index (χ0) is 19.4. The minimum Gasteiger partial charge on any atom is -0.486 e. The van der Waals surface area contributed by atoms with Gasteiger partial charge in [-0.05, 0) is 60.1 Å². The number of ether oxygens (including phenoxy) is 2. The zero-order valence-electron chi connectivity index (χ0n) is 15.7. The highest BCUT2D eigenvalue weighted by molar-refractivity contribution is 6.04. The van der Waals surface area contributed by atoms with Crippen molar-refractivity contribution in [2.75, 3.05) is 19.8 Å². The summed E-state index contributed by atoms with van der Waals surface area (Å²) in [7, 11) is 0. The van der Waals surface area contributed by atoms with Gasteiger partial charge in [0.25, 0.3) is 5.91 Å². The fraction of sp³-hybridized carbons (Fsp3) is 0.364. The van der Waals surface area contributed by atoms with Gasteiger partial charge in [-0.2, -0.15) is 0 Å². The van der Waals surface area contributed by atoms with Gasteiger partial charge in [0.2, 0.25) is 5.91 Å². The number of fused-ring (bicyclic) bond motifs is 2. The molecule has 1 saturated heterocycles. The molecular weight excluding hydrogens is 356 g/mol.